The number of esters is 1. The summed E-state index contributed by atoms with van der Waals surface area (Å²) in [7, 11) is 0. The van der Waals surface area contributed by atoms with Crippen LogP contribution in [-0.4, -0.2) is 53.4 Å². The Morgan fingerprint density at radius 1 is 0.689 bits per heavy atom. The van der Waals surface area contributed by atoms with Crippen molar-refractivity contribution in [1.29, 1.82) is 0 Å². The number of pyridine rings is 1. The van der Waals surface area contributed by atoms with Gasteiger partial charge in [0.1, 0.15) is 24.0 Å². The number of rotatable bonds is 13. The van der Waals surface area contributed by atoms with Crippen LogP contribution in [0.3, 0.4) is 0 Å². The van der Waals surface area contributed by atoms with Crippen LogP contribution in [0.1, 0.15) is 27.2 Å². The highest BCUT2D eigenvalue weighted by Crippen LogP contribution is 2.31. The average molecular weight is 606 g/mol. The van der Waals surface area contributed by atoms with Crippen molar-refractivity contribution >= 4 is 16.9 Å². The number of aliphatic hydroxyl groups excluding tert-OH is 1. The quantitative estimate of drug-likeness (QED) is 0.167. The van der Waals surface area contributed by atoms with E-state index in [2.05, 4.69) is 4.98 Å². The molecule has 1 aliphatic heterocycles. The van der Waals surface area contributed by atoms with Gasteiger partial charge >= 0.3 is 5.97 Å². The number of benzene rings is 4. The topological polar surface area (TPSA) is 96.3 Å². The number of nitrogens with zero attached hydrogens (tertiary/aromatic N) is 1. The number of hydrogen-bond acceptors (Lipinski definition) is 8. The largest absolute Gasteiger partial charge is 0.452 e. The van der Waals surface area contributed by atoms with Crippen molar-refractivity contribution < 1.29 is 33.6 Å². The second-order valence-corrected chi connectivity index (χ2v) is 10.8. The molecule has 5 atom stereocenters. The maximum Gasteiger partial charge on any atom is 0.357 e. The van der Waals surface area contributed by atoms with Gasteiger partial charge in [0.15, 0.2) is 12.4 Å². The predicted molar refractivity (Wildman–Crippen MR) is 168 cm³/mol. The SMILES string of the molecule is O=C(O[C@@H](COCc1ccccc1)[C@@H]1OC(O)[C@H](OCc2ccccc2)[C@H]1OCc1ccccc1)c1ccc2ccccc2n1. The Kier molecular flexibility index (Phi) is 10.2. The van der Waals surface area contributed by atoms with E-state index in [0.717, 1.165) is 22.1 Å². The molecule has 230 valence electrons. The van der Waals surface area contributed by atoms with Gasteiger partial charge in [0.05, 0.1) is 31.9 Å². The lowest BCUT2D eigenvalue weighted by Gasteiger charge is -2.29. The summed E-state index contributed by atoms with van der Waals surface area (Å²) >= 11 is 0. The normalized spacial score (nSPS) is 20.2. The summed E-state index contributed by atoms with van der Waals surface area (Å²) in [5.41, 5.74) is 3.67. The molecular formula is C37H35NO7. The minimum absolute atomic E-state index is 0.0117. The van der Waals surface area contributed by atoms with E-state index in [1.165, 1.54) is 0 Å². The zero-order valence-corrected chi connectivity index (χ0v) is 24.7. The fraction of sp³-hybridized carbons (Fsp3) is 0.243. The van der Waals surface area contributed by atoms with E-state index in [-0.39, 0.29) is 25.5 Å². The third-order valence-electron chi connectivity index (χ3n) is 7.62. The zero-order chi connectivity index (χ0) is 30.8. The molecule has 0 radical (unpaired) electrons. The van der Waals surface area contributed by atoms with E-state index in [9.17, 15) is 9.90 Å². The molecule has 1 fully saturated rings. The highest BCUT2D eigenvalue weighted by atomic mass is 16.7. The Labute approximate surface area is 262 Å². The van der Waals surface area contributed by atoms with Gasteiger partial charge in [0, 0.05) is 5.39 Å². The first-order valence-corrected chi connectivity index (χ1v) is 15.0. The molecule has 0 aliphatic carbocycles. The monoisotopic (exact) mass is 605 g/mol. The van der Waals surface area contributed by atoms with Gasteiger partial charge in [0.2, 0.25) is 0 Å². The number of carbonyl (C=O) groups excluding carboxylic acids is 1. The lowest BCUT2D eigenvalue weighted by molar-refractivity contribution is -0.164. The fourth-order valence-corrected chi connectivity index (χ4v) is 5.31. The highest BCUT2D eigenvalue weighted by Gasteiger charge is 2.50. The summed E-state index contributed by atoms with van der Waals surface area (Å²) in [5, 5.41) is 12.0. The summed E-state index contributed by atoms with van der Waals surface area (Å²) in [6.45, 7) is 0.755. The second-order valence-electron chi connectivity index (χ2n) is 10.8. The number of aromatic nitrogens is 1. The number of ether oxygens (including phenoxy) is 5. The molecule has 0 saturated carbocycles. The highest BCUT2D eigenvalue weighted by molar-refractivity contribution is 5.91. The second kappa shape index (κ2) is 15.0. The predicted octanol–water partition coefficient (Wildman–Crippen LogP) is 5.87. The third kappa shape index (κ3) is 7.99. The van der Waals surface area contributed by atoms with Gasteiger partial charge in [-0.3, -0.25) is 0 Å². The van der Waals surface area contributed by atoms with Crippen molar-refractivity contribution in [2.24, 2.45) is 0 Å². The van der Waals surface area contributed by atoms with E-state index in [1.54, 1.807) is 6.07 Å². The molecule has 1 aliphatic rings. The molecule has 8 nitrogen and oxygen atoms in total. The minimum Gasteiger partial charge on any atom is -0.452 e. The molecule has 0 spiro atoms. The van der Waals surface area contributed by atoms with Gasteiger partial charge in [-0.25, -0.2) is 9.78 Å². The Bertz CT molecular complexity index is 1650. The van der Waals surface area contributed by atoms with Crippen molar-refractivity contribution in [3.63, 3.8) is 0 Å². The fourth-order valence-electron chi connectivity index (χ4n) is 5.31. The maximum absolute atomic E-state index is 13.5. The number of para-hydroxylation sites is 1. The first kappa shape index (κ1) is 30.6. The summed E-state index contributed by atoms with van der Waals surface area (Å²) in [5.74, 6) is -0.636. The van der Waals surface area contributed by atoms with Crippen molar-refractivity contribution in [1.82, 2.24) is 4.98 Å². The summed E-state index contributed by atoms with van der Waals surface area (Å²) in [6.07, 6.45) is -4.81. The van der Waals surface area contributed by atoms with E-state index in [4.69, 9.17) is 23.7 Å². The van der Waals surface area contributed by atoms with E-state index in [1.807, 2.05) is 121 Å². The van der Waals surface area contributed by atoms with Gasteiger partial charge < -0.3 is 28.8 Å². The smallest absolute Gasteiger partial charge is 0.357 e. The number of hydrogen-bond donors (Lipinski definition) is 1. The van der Waals surface area contributed by atoms with Crippen molar-refractivity contribution in [3.8, 4) is 0 Å². The van der Waals surface area contributed by atoms with E-state index < -0.39 is 36.7 Å². The van der Waals surface area contributed by atoms with Gasteiger partial charge in [0.25, 0.3) is 0 Å². The Hall–Kier alpha value is -4.44. The molecule has 4 aromatic carbocycles. The standard InChI is InChI=1S/C37H35NO7/c39-36(31-21-20-29-18-10-11-19-30(29)38-31)44-32(25-41-22-26-12-4-1-5-13-26)33-34(42-23-27-14-6-2-7-15-27)35(37(40)45-33)43-24-28-16-8-3-9-17-28/h1-21,32-35,37,40H,22-25H2/t32-,33-,34-,35+,37?/m0/s1. The van der Waals surface area contributed by atoms with Crippen molar-refractivity contribution in [2.45, 2.75) is 50.5 Å². The first-order valence-electron chi connectivity index (χ1n) is 15.0. The summed E-state index contributed by atoms with van der Waals surface area (Å²) in [6, 6.07) is 40.1. The van der Waals surface area contributed by atoms with Crippen LogP contribution in [0, 0.1) is 0 Å². The van der Waals surface area contributed by atoms with Crippen LogP contribution in [0.5, 0.6) is 0 Å². The molecule has 45 heavy (non-hydrogen) atoms. The van der Waals surface area contributed by atoms with Gasteiger partial charge in [-0.05, 0) is 28.8 Å². The molecule has 0 amide bonds. The van der Waals surface area contributed by atoms with Crippen LogP contribution in [-0.2, 0) is 43.5 Å². The van der Waals surface area contributed by atoms with Crippen LogP contribution in [0.15, 0.2) is 127 Å². The molecule has 1 saturated heterocycles. The molecule has 0 bridgehead atoms. The molecule has 5 aromatic rings. The van der Waals surface area contributed by atoms with E-state index >= 15 is 0 Å². The lowest BCUT2D eigenvalue weighted by atomic mass is 10.0. The Morgan fingerprint density at radius 2 is 1.24 bits per heavy atom. The van der Waals surface area contributed by atoms with Gasteiger partial charge in [-0.15, -0.1) is 0 Å². The number of fused-ring (bicyclic) bond motifs is 1. The van der Waals surface area contributed by atoms with Crippen LogP contribution < -0.4 is 0 Å². The average Bonchev–Trinajstić information content (AvgIpc) is 3.41. The van der Waals surface area contributed by atoms with Gasteiger partial charge in [-0.1, -0.05) is 115 Å². The van der Waals surface area contributed by atoms with E-state index in [0.29, 0.717) is 12.1 Å². The molecule has 8 heteroatoms. The lowest BCUT2D eigenvalue weighted by Crippen LogP contribution is -2.45. The van der Waals surface area contributed by atoms with Crippen LogP contribution in [0.4, 0.5) is 0 Å². The zero-order valence-electron chi connectivity index (χ0n) is 24.7. The summed E-state index contributed by atoms with van der Waals surface area (Å²) < 4.78 is 30.8. The molecule has 6 rings (SSSR count). The molecule has 1 aromatic heterocycles. The molecule has 1 N–H and O–H groups in total. The third-order valence-corrected chi connectivity index (χ3v) is 7.62. The Balaban J connectivity index is 1.25. The Morgan fingerprint density at radius 3 is 1.89 bits per heavy atom. The first-order chi connectivity index (χ1) is 22.1. The summed E-state index contributed by atoms with van der Waals surface area (Å²) in [4.78, 5) is 18.0. The van der Waals surface area contributed by atoms with Crippen LogP contribution in [0.25, 0.3) is 10.9 Å². The van der Waals surface area contributed by atoms with Crippen LogP contribution in [0.2, 0.25) is 0 Å². The van der Waals surface area contributed by atoms with Crippen molar-refractivity contribution in [3.05, 3.63) is 150 Å². The van der Waals surface area contributed by atoms with Crippen molar-refractivity contribution in [2.75, 3.05) is 6.61 Å². The molecule has 1 unspecified atom stereocenters. The number of carbonyl (C=O) groups is 1. The molecular weight excluding hydrogens is 570 g/mol. The number of aliphatic hydroxyl groups is 1. The maximum atomic E-state index is 13.5. The van der Waals surface area contributed by atoms with Crippen LogP contribution >= 0.6 is 0 Å². The minimum atomic E-state index is -1.33. The van der Waals surface area contributed by atoms with Gasteiger partial charge in [-0.2, -0.15) is 0 Å². The molecule has 2 heterocycles.